The molecule has 2 aromatic rings. The van der Waals surface area contributed by atoms with Crippen LogP contribution in [0.25, 0.3) is 0 Å². The van der Waals surface area contributed by atoms with E-state index in [-0.39, 0.29) is 11.5 Å². The second-order valence-electron chi connectivity index (χ2n) is 3.80. The smallest absolute Gasteiger partial charge is 0.294 e. The molecule has 0 atom stereocenters. The van der Waals surface area contributed by atoms with Crippen LogP contribution in [0.3, 0.4) is 0 Å². The molecule has 0 saturated heterocycles. The standard InChI is InChI=1S/C12H7Cl2NO3S2/c1-6(16)11-5-10(15(17)18)12(20-11)19-9-3-7(13)2-8(14)4-9/h2-5H,1H3. The van der Waals surface area contributed by atoms with E-state index in [1.807, 2.05) is 0 Å². The van der Waals surface area contributed by atoms with Crippen molar-refractivity contribution in [2.75, 3.05) is 0 Å². The molecule has 0 unspecified atom stereocenters. The Morgan fingerprint density at radius 3 is 2.35 bits per heavy atom. The fourth-order valence-corrected chi connectivity index (χ4v) is 4.39. The summed E-state index contributed by atoms with van der Waals surface area (Å²) in [5.74, 6) is -0.200. The van der Waals surface area contributed by atoms with Crippen LogP contribution in [-0.2, 0) is 0 Å². The first kappa shape index (κ1) is 15.3. The Hall–Kier alpha value is -1.08. The molecule has 0 aliphatic carbocycles. The van der Waals surface area contributed by atoms with Gasteiger partial charge in [-0.3, -0.25) is 14.9 Å². The van der Waals surface area contributed by atoms with Gasteiger partial charge in [-0.25, -0.2) is 0 Å². The van der Waals surface area contributed by atoms with Gasteiger partial charge in [0.15, 0.2) is 5.78 Å². The number of ketones is 1. The van der Waals surface area contributed by atoms with E-state index in [4.69, 9.17) is 23.2 Å². The number of Topliss-reactive ketones (excluding diaryl/α,β-unsaturated/α-hetero) is 1. The van der Waals surface area contributed by atoms with Crippen molar-refractivity contribution >= 4 is 57.8 Å². The molecule has 104 valence electrons. The third-order valence-electron chi connectivity index (χ3n) is 2.27. The van der Waals surface area contributed by atoms with E-state index in [9.17, 15) is 14.9 Å². The lowest BCUT2D eigenvalue weighted by atomic mass is 10.3. The van der Waals surface area contributed by atoms with Crippen LogP contribution in [0.2, 0.25) is 10.0 Å². The minimum atomic E-state index is -0.503. The maximum absolute atomic E-state index is 11.3. The second-order valence-corrected chi connectivity index (χ2v) is 7.07. The second kappa shape index (κ2) is 6.13. The monoisotopic (exact) mass is 347 g/mol. The summed E-state index contributed by atoms with van der Waals surface area (Å²) in [6.07, 6.45) is 0. The molecule has 0 N–H and O–H groups in total. The number of carbonyl (C=O) groups is 1. The van der Waals surface area contributed by atoms with Gasteiger partial charge in [-0.1, -0.05) is 35.0 Å². The van der Waals surface area contributed by atoms with Crippen molar-refractivity contribution in [1.82, 2.24) is 0 Å². The average molecular weight is 348 g/mol. The lowest BCUT2D eigenvalue weighted by Crippen LogP contribution is -1.87. The Bertz CT molecular complexity index is 680. The summed E-state index contributed by atoms with van der Waals surface area (Å²) in [5, 5.41) is 11.9. The van der Waals surface area contributed by atoms with Gasteiger partial charge in [0.05, 0.1) is 9.80 Å². The molecular formula is C12H7Cl2NO3S2. The zero-order chi connectivity index (χ0) is 14.9. The number of halogens is 2. The van der Waals surface area contributed by atoms with Crippen LogP contribution in [0.15, 0.2) is 33.4 Å². The van der Waals surface area contributed by atoms with Gasteiger partial charge in [-0.15, -0.1) is 11.3 Å². The Labute approximate surface area is 132 Å². The highest BCUT2D eigenvalue weighted by atomic mass is 35.5. The molecule has 1 aromatic heterocycles. The number of carbonyl (C=O) groups excluding carboxylic acids is 1. The SMILES string of the molecule is CC(=O)c1cc([N+](=O)[O-])c(Sc2cc(Cl)cc(Cl)c2)s1. The Balaban J connectivity index is 2.41. The van der Waals surface area contributed by atoms with Gasteiger partial charge in [0, 0.05) is 21.0 Å². The van der Waals surface area contributed by atoms with Crippen LogP contribution in [0.5, 0.6) is 0 Å². The van der Waals surface area contributed by atoms with Crippen molar-refractivity contribution in [2.45, 2.75) is 16.0 Å². The van der Waals surface area contributed by atoms with Crippen molar-refractivity contribution in [1.29, 1.82) is 0 Å². The van der Waals surface area contributed by atoms with Crippen LogP contribution in [0.4, 0.5) is 5.69 Å². The summed E-state index contributed by atoms with van der Waals surface area (Å²) in [6.45, 7) is 1.38. The summed E-state index contributed by atoms with van der Waals surface area (Å²) in [6, 6.07) is 6.20. The van der Waals surface area contributed by atoms with Crippen LogP contribution >= 0.6 is 46.3 Å². The quantitative estimate of drug-likeness (QED) is 0.426. The number of thiophene rings is 1. The van der Waals surface area contributed by atoms with Gasteiger partial charge in [0.1, 0.15) is 4.21 Å². The van der Waals surface area contributed by atoms with Crippen molar-refractivity contribution in [3.05, 3.63) is 49.3 Å². The van der Waals surface area contributed by atoms with Crippen molar-refractivity contribution < 1.29 is 9.72 Å². The summed E-state index contributed by atoms with van der Waals surface area (Å²) in [5.41, 5.74) is -0.0821. The highest BCUT2D eigenvalue weighted by molar-refractivity contribution is 8.01. The molecule has 0 saturated carbocycles. The minimum Gasteiger partial charge on any atom is -0.294 e. The molecular weight excluding hydrogens is 341 g/mol. The van der Waals surface area contributed by atoms with E-state index < -0.39 is 4.92 Å². The fourth-order valence-electron chi connectivity index (χ4n) is 1.43. The van der Waals surface area contributed by atoms with E-state index >= 15 is 0 Å². The van der Waals surface area contributed by atoms with Crippen molar-refractivity contribution in [3.63, 3.8) is 0 Å². The van der Waals surface area contributed by atoms with Crippen molar-refractivity contribution in [3.8, 4) is 0 Å². The van der Waals surface area contributed by atoms with Crippen LogP contribution in [-0.4, -0.2) is 10.7 Å². The molecule has 0 amide bonds. The third kappa shape index (κ3) is 3.52. The lowest BCUT2D eigenvalue weighted by molar-refractivity contribution is -0.387. The molecule has 0 aliphatic rings. The number of hydrogen-bond acceptors (Lipinski definition) is 5. The van der Waals surface area contributed by atoms with Crippen LogP contribution in [0.1, 0.15) is 16.6 Å². The molecule has 20 heavy (non-hydrogen) atoms. The summed E-state index contributed by atoms with van der Waals surface area (Å²) >= 11 is 14.0. The number of rotatable bonds is 4. The van der Waals surface area contributed by atoms with E-state index in [0.717, 1.165) is 23.1 Å². The van der Waals surface area contributed by atoms with Crippen LogP contribution in [0, 0.1) is 10.1 Å². The summed E-state index contributed by atoms with van der Waals surface area (Å²) in [7, 11) is 0. The van der Waals surface area contributed by atoms with Gasteiger partial charge >= 0.3 is 0 Å². The summed E-state index contributed by atoms with van der Waals surface area (Å²) in [4.78, 5) is 22.9. The number of benzene rings is 1. The highest BCUT2D eigenvalue weighted by Crippen LogP contribution is 2.42. The molecule has 0 fully saturated rings. The van der Waals surface area contributed by atoms with Crippen molar-refractivity contribution in [2.24, 2.45) is 0 Å². The predicted octanol–water partition coefficient (Wildman–Crippen LogP) is 5.32. The highest BCUT2D eigenvalue weighted by Gasteiger charge is 2.22. The Morgan fingerprint density at radius 1 is 1.25 bits per heavy atom. The van der Waals surface area contributed by atoms with Gasteiger partial charge < -0.3 is 0 Å². The molecule has 1 aromatic carbocycles. The zero-order valence-corrected chi connectivity index (χ0v) is 13.2. The van der Waals surface area contributed by atoms with E-state index in [1.165, 1.54) is 13.0 Å². The molecule has 1 heterocycles. The molecule has 2 rings (SSSR count). The Morgan fingerprint density at radius 2 is 1.85 bits per heavy atom. The van der Waals surface area contributed by atoms with E-state index in [1.54, 1.807) is 18.2 Å². The van der Waals surface area contributed by atoms with Gasteiger partial charge in [-0.05, 0) is 25.1 Å². The molecule has 0 bridgehead atoms. The first-order chi connectivity index (χ1) is 9.36. The maximum Gasteiger partial charge on any atom is 0.294 e. The van der Waals surface area contributed by atoms with E-state index in [2.05, 4.69) is 0 Å². The molecule has 4 nitrogen and oxygen atoms in total. The number of nitro groups is 1. The first-order valence-electron chi connectivity index (χ1n) is 5.30. The number of hydrogen-bond donors (Lipinski definition) is 0. The Kier molecular flexibility index (Phi) is 4.70. The molecule has 0 aliphatic heterocycles. The largest absolute Gasteiger partial charge is 0.294 e. The summed E-state index contributed by atoms with van der Waals surface area (Å²) < 4.78 is 0.429. The minimum absolute atomic E-state index is 0.0821. The fraction of sp³-hybridized carbons (Fsp3) is 0.0833. The number of nitrogens with zero attached hydrogens (tertiary/aromatic N) is 1. The topological polar surface area (TPSA) is 60.2 Å². The predicted molar refractivity (Wildman–Crippen MR) is 81.6 cm³/mol. The lowest BCUT2D eigenvalue weighted by Gasteiger charge is -2.01. The maximum atomic E-state index is 11.3. The normalized spacial score (nSPS) is 10.6. The molecule has 0 radical (unpaired) electrons. The molecule has 0 spiro atoms. The average Bonchev–Trinajstić information content (AvgIpc) is 2.71. The van der Waals surface area contributed by atoms with Crippen LogP contribution < -0.4 is 0 Å². The van der Waals surface area contributed by atoms with Gasteiger partial charge in [-0.2, -0.15) is 0 Å². The van der Waals surface area contributed by atoms with Gasteiger partial charge in [0.25, 0.3) is 5.69 Å². The van der Waals surface area contributed by atoms with E-state index in [0.29, 0.717) is 24.0 Å². The van der Waals surface area contributed by atoms with Gasteiger partial charge in [0.2, 0.25) is 0 Å². The molecule has 8 heteroatoms. The third-order valence-corrected chi connectivity index (χ3v) is 5.09. The first-order valence-corrected chi connectivity index (χ1v) is 7.69. The zero-order valence-electron chi connectivity index (χ0n) is 10.1.